The van der Waals surface area contributed by atoms with Crippen LogP contribution in [0.3, 0.4) is 0 Å². The molecule has 3 rings (SSSR count). The number of unbranched alkanes of at least 4 members (excludes halogenated alkanes) is 8. The Balaban J connectivity index is 1.71. The van der Waals surface area contributed by atoms with Gasteiger partial charge in [-0.15, -0.1) is 0 Å². The molecule has 0 radical (unpaired) electrons. The summed E-state index contributed by atoms with van der Waals surface area (Å²) < 4.78 is 23.0. The lowest BCUT2D eigenvalue weighted by atomic mass is 9.99. The van der Waals surface area contributed by atoms with Crippen molar-refractivity contribution in [3.8, 4) is 11.5 Å². The van der Waals surface area contributed by atoms with E-state index in [9.17, 15) is 9.59 Å². The minimum absolute atomic E-state index is 0.174. The van der Waals surface area contributed by atoms with Crippen LogP contribution in [0.2, 0.25) is 0 Å². The summed E-state index contributed by atoms with van der Waals surface area (Å²) in [5, 5.41) is 3.24. The van der Waals surface area contributed by atoms with E-state index >= 15 is 0 Å². The van der Waals surface area contributed by atoms with Gasteiger partial charge in [-0.1, -0.05) is 107 Å². The molecule has 212 valence electrons. The second-order valence-corrected chi connectivity index (χ2v) is 10.1. The summed E-state index contributed by atoms with van der Waals surface area (Å²) in [5.74, 6) is 0.439. The molecule has 0 bridgehead atoms. The fraction of sp³-hybridized carbons (Fsp3) is 0.515. The SMILES string of the molecule is CCCCCCCOC(=O)COc1c2ccccc2c(OCC(=O)OCCCCCCC)c2cc(C)ccc12. The van der Waals surface area contributed by atoms with Gasteiger partial charge in [-0.2, -0.15) is 0 Å². The Morgan fingerprint density at radius 2 is 1.05 bits per heavy atom. The highest BCUT2D eigenvalue weighted by Gasteiger charge is 2.18. The average molecular weight is 537 g/mol. The van der Waals surface area contributed by atoms with Gasteiger partial charge in [0.15, 0.2) is 13.2 Å². The molecular weight excluding hydrogens is 492 g/mol. The Bertz CT molecular complexity index is 1200. The van der Waals surface area contributed by atoms with Crippen molar-refractivity contribution in [2.75, 3.05) is 26.4 Å². The summed E-state index contributed by atoms with van der Waals surface area (Å²) in [6.45, 7) is 6.83. The van der Waals surface area contributed by atoms with E-state index < -0.39 is 0 Å². The quantitative estimate of drug-likeness (QED) is 0.0929. The predicted molar refractivity (Wildman–Crippen MR) is 157 cm³/mol. The molecule has 0 spiro atoms. The van der Waals surface area contributed by atoms with E-state index in [2.05, 4.69) is 13.8 Å². The first-order valence-corrected chi connectivity index (χ1v) is 14.6. The molecule has 0 fully saturated rings. The van der Waals surface area contributed by atoms with Gasteiger partial charge in [-0.05, 0) is 25.8 Å². The van der Waals surface area contributed by atoms with Crippen molar-refractivity contribution < 1.29 is 28.5 Å². The molecule has 0 unspecified atom stereocenters. The number of hydrogen-bond donors (Lipinski definition) is 0. The summed E-state index contributed by atoms with van der Waals surface area (Å²) in [4.78, 5) is 24.8. The van der Waals surface area contributed by atoms with E-state index in [0.717, 1.165) is 65.6 Å². The van der Waals surface area contributed by atoms with Gasteiger partial charge in [0, 0.05) is 21.5 Å². The van der Waals surface area contributed by atoms with E-state index in [1.165, 1.54) is 25.7 Å². The molecule has 0 aromatic heterocycles. The number of aryl methyl sites for hydroxylation is 1. The number of esters is 2. The number of hydrogen-bond acceptors (Lipinski definition) is 6. The van der Waals surface area contributed by atoms with Crippen molar-refractivity contribution >= 4 is 33.5 Å². The summed E-state index contributed by atoms with van der Waals surface area (Å²) in [7, 11) is 0. The van der Waals surface area contributed by atoms with Gasteiger partial charge < -0.3 is 18.9 Å². The highest BCUT2D eigenvalue weighted by Crippen LogP contribution is 2.43. The molecular formula is C33H44O6. The molecule has 0 saturated carbocycles. The highest BCUT2D eigenvalue weighted by molar-refractivity contribution is 6.11. The molecule has 39 heavy (non-hydrogen) atoms. The smallest absolute Gasteiger partial charge is 0.344 e. The van der Waals surface area contributed by atoms with Crippen molar-refractivity contribution in [1.82, 2.24) is 0 Å². The minimum Gasteiger partial charge on any atom is -0.481 e. The van der Waals surface area contributed by atoms with Gasteiger partial charge in [-0.3, -0.25) is 0 Å². The molecule has 0 heterocycles. The molecule has 3 aromatic carbocycles. The lowest BCUT2D eigenvalue weighted by Gasteiger charge is -2.18. The lowest BCUT2D eigenvalue weighted by Crippen LogP contribution is -2.17. The molecule has 0 amide bonds. The maximum Gasteiger partial charge on any atom is 0.344 e. The van der Waals surface area contributed by atoms with Crippen molar-refractivity contribution in [2.24, 2.45) is 0 Å². The molecule has 0 saturated heterocycles. The molecule has 0 aliphatic rings. The molecule has 3 aromatic rings. The normalized spacial score (nSPS) is 11.1. The van der Waals surface area contributed by atoms with E-state index in [1.54, 1.807) is 0 Å². The highest BCUT2D eigenvalue weighted by atomic mass is 16.6. The van der Waals surface area contributed by atoms with Crippen LogP contribution in [0.5, 0.6) is 11.5 Å². The second-order valence-electron chi connectivity index (χ2n) is 10.1. The number of carbonyl (C=O) groups excluding carboxylic acids is 2. The number of benzene rings is 3. The molecule has 0 N–H and O–H groups in total. The Morgan fingerprint density at radius 1 is 0.590 bits per heavy atom. The van der Waals surface area contributed by atoms with E-state index in [0.29, 0.717) is 24.7 Å². The fourth-order valence-corrected chi connectivity index (χ4v) is 4.65. The predicted octanol–water partition coefficient (Wildman–Crippen LogP) is 8.09. The third kappa shape index (κ3) is 9.45. The summed E-state index contributed by atoms with van der Waals surface area (Å²) in [5.41, 5.74) is 1.05. The van der Waals surface area contributed by atoms with Crippen LogP contribution < -0.4 is 9.47 Å². The van der Waals surface area contributed by atoms with Crippen LogP contribution in [0.1, 0.15) is 83.6 Å². The van der Waals surface area contributed by atoms with Crippen molar-refractivity contribution in [2.45, 2.75) is 85.0 Å². The number of rotatable bonds is 18. The zero-order chi connectivity index (χ0) is 27.9. The zero-order valence-electron chi connectivity index (χ0n) is 23.9. The maximum absolute atomic E-state index is 12.4. The van der Waals surface area contributed by atoms with Gasteiger partial charge in [0.25, 0.3) is 0 Å². The van der Waals surface area contributed by atoms with Gasteiger partial charge in [0.05, 0.1) is 13.2 Å². The van der Waals surface area contributed by atoms with Crippen molar-refractivity contribution in [3.05, 3.63) is 48.0 Å². The topological polar surface area (TPSA) is 71.1 Å². The Morgan fingerprint density at radius 3 is 1.56 bits per heavy atom. The molecule has 0 aliphatic heterocycles. The first kappa shape index (κ1) is 30.3. The molecule has 6 nitrogen and oxygen atoms in total. The fourth-order valence-electron chi connectivity index (χ4n) is 4.65. The van der Waals surface area contributed by atoms with Crippen molar-refractivity contribution in [1.29, 1.82) is 0 Å². The zero-order valence-corrected chi connectivity index (χ0v) is 23.9. The first-order chi connectivity index (χ1) is 19.0. The second kappa shape index (κ2) is 16.6. The standard InChI is InChI=1S/C33H44O6/c1-4-6-8-10-14-20-36-30(34)23-38-32-26-16-12-13-17-27(26)33(29-22-25(3)18-19-28(29)32)39-24-31(35)37-21-15-11-9-7-5-2/h12-13,16-19,22H,4-11,14-15,20-21,23-24H2,1-3H3. The van der Waals surface area contributed by atoms with Crippen LogP contribution in [0.4, 0.5) is 0 Å². The van der Waals surface area contributed by atoms with E-state index in [4.69, 9.17) is 18.9 Å². The molecule has 6 heteroatoms. The minimum atomic E-state index is -0.382. The average Bonchev–Trinajstić information content (AvgIpc) is 2.94. The molecule has 0 aliphatic carbocycles. The van der Waals surface area contributed by atoms with Crippen LogP contribution >= 0.6 is 0 Å². The summed E-state index contributed by atoms with van der Waals surface area (Å²) in [6.07, 6.45) is 10.9. The third-order valence-electron chi connectivity index (χ3n) is 6.77. The lowest BCUT2D eigenvalue weighted by molar-refractivity contribution is -0.147. The van der Waals surface area contributed by atoms with Crippen LogP contribution in [0, 0.1) is 6.92 Å². The Hall–Kier alpha value is -3.28. The maximum atomic E-state index is 12.4. The number of fused-ring (bicyclic) bond motifs is 2. The van der Waals surface area contributed by atoms with Gasteiger partial charge in [0.1, 0.15) is 11.5 Å². The largest absolute Gasteiger partial charge is 0.481 e. The summed E-state index contributed by atoms with van der Waals surface area (Å²) >= 11 is 0. The van der Waals surface area contributed by atoms with Crippen LogP contribution in [0.25, 0.3) is 21.5 Å². The number of ether oxygens (including phenoxy) is 4. The van der Waals surface area contributed by atoms with E-state index in [-0.39, 0.29) is 25.2 Å². The van der Waals surface area contributed by atoms with Crippen molar-refractivity contribution in [3.63, 3.8) is 0 Å². The van der Waals surface area contributed by atoms with E-state index in [1.807, 2.05) is 49.4 Å². The third-order valence-corrected chi connectivity index (χ3v) is 6.77. The van der Waals surface area contributed by atoms with Crippen LogP contribution in [-0.2, 0) is 19.1 Å². The molecule has 0 atom stereocenters. The van der Waals surface area contributed by atoms with Gasteiger partial charge >= 0.3 is 11.9 Å². The van der Waals surface area contributed by atoms with Crippen LogP contribution in [0.15, 0.2) is 42.5 Å². The van der Waals surface area contributed by atoms with Crippen LogP contribution in [-0.4, -0.2) is 38.4 Å². The Labute approximate surface area is 233 Å². The van der Waals surface area contributed by atoms with Gasteiger partial charge in [-0.25, -0.2) is 9.59 Å². The monoisotopic (exact) mass is 536 g/mol. The first-order valence-electron chi connectivity index (χ1n) is 14.6. The van der Waals surface area contributed by atoms with Gasteiger partial charge in [0.2, 0.25) is 0 Å². The Kier molecular flexibility index (Phi) is 12.9. The summed E-state index contributed by atoms with van der Waals surface area (Å²) in [6, 6.07) is 13.7. The number of carbonyl (C=O) groups is 2.